The zero-order valence-electron chi connectivity index (χ0n) is 11.2. The van der Waals surface area contributed by atoms with Gasteiger partial charge >= 0.3 is 11.9 Å². The van der Waals surface area contributed by atoms with Crippen LogP contribution < -0.4 is 0 Å². The van der Waals surface area contributed by atoms with Gasteiger partial charge in [0.25, 0.3) is 0 Å². The van der Waals surface area contributed by atoms with Crippen LogP contribution in [0.2, 0.25) is 0 Å². The Bertz CT molecular complexity index is 1060. The van der Waals surface area contributed by atoms with Crippen LogP contribution in [0.1, 0.15) is 29.0 Å². The van der Waals surface area contributed by atoms with Crippen LogP contribution in [0, 0.1) is 0 Å². The molecule has 0 unspecified atom stereocenters. The van der Waals surface area contributed by atoms with E-state index in [0.29, 0.717) is 4.88 Å². The van der Waals surface area contributed by atoms with Gasteiger partial charge in [-0.3, -0.25) is 4.79 Å². The summed E-state index contributed by atoms with van der Waals surface area (Å²) >= 11 is 3.55. The van der Waals surface area contributed by atoms with Crippen LogP contribution in [-0.4, -0.2) is 28.4 Å². The lowest BCUT2D eigenvalue weighted by Gasteiger charge is -1.96. The van der Waals surface area contributed by atoms with Crippen molar-refractivity contribution in [3.63, 3.8) is 0 Å². The molecule has 0 saturated heterocycles. The van der Waals surface area contributed by atoms with Crippen LogP contribution in [0.3, 0.4) is 0 Å². The number of thiophene rings is 3. The molecule has 3 aromatic heterocycles. The topological polar surface area (TPSA) is 91.7 Å². The Morgan fingerprint density at radius 1 is 0.783 bits per heavy atom. The largest absolute Gasteiger partial charge is 0.477 e. The lowest BCUT2D eigenvalue weighted by molar-refractivity contribution is 0.0691. The van der Waals surface area contributed by atoms with Crippen LogP contribution >= 0.6 is 34.0 Å². The van der Waals surface area contributed by atoms with Crippen LogP contribution in [0.4, 0.5) is 0 Å². The van der Waals surface area contributed by atoms with Crippen LogP contribution in [0.25, 0.3) is 30.3 Å². The minimum atomic E-state index is -1.02. The van der Waals surface area contributed by atoms with E-state index in [-0.39, 0.29) is 9.75 Å². The summed E-state index contributed by atoms with van der Waals surface area (Å²) < 4.78 is 2.33. The molecule has 0 saturated carbocycles. The van der Waals surface area contributed by atoms with E-state index < -0.39 is 11.9 Å². The fraction of sp³-hybridized carbons (Fsp3) is 0. The average Bonchev–Trinajstić information content (AvgIpc) is 3.21. The molecule has 0 aliphatic heterocycles. The van der Waals surface area contributed by atoms with E-state index in [1.54, 1.807) is 18.2 Å². The molecular formula is C15H6O5S3. The van der Waals surface area contributed by atoms with Crippen molar-refractivity contribution >= 4 is 82.5 Å². The van der Waals surface area contributed by atoms with Gasteiger partial charge in [0.1, 0.15) is 9.75 Å². The lowest BCUT2D eigenvalue weighted by Crippen LogP contribution is -1.89. The first-order valence-corrected chi connectivity index (χ1v) is 8.79. The number of carbonyl (C=O) groups is 3. The van der Waals surface area contributed by atoms with Crippen molar-refractivity contribution < 1.29 is 24.6 Å². The van der Waals surface area contributed by atoms with Gasteiger partial charge in [-0.15, -0.1) is 34.0 Å². The Balaban J connectivity index is 2.27. The highest BCUT2D eigenvalue weighted by atomic mass is 32.1. The van der Waals surface area contributed by atoms with E-state index in [0.717, 1.165) is 59.2 Å². The normalized spacial score (nSPS) is 11.5. The first kappa shape index (κ1) is 14.3. The summed E-state index contributed by atoms with van der Waals surface area (Å²) in [6.45, 7) is 0. The quantitative estimate of drug-likeness (QED) is 0.522. The maximum Gasteiger partial charge on any atom is 0.345 e. The number of carboxylic acid groups (broad SMARTS) is 2. The number of aldehydes is 1. The lowest BCUT2D eigenvalue weighted by atomic mass is 10.1. The van der Waals surface area contributed by atoms with E-state index in [1.807, 2.05) is 0 Å². The summed E-state index contributed by atoms with van der Waals surface area (Å²) in [4.78, 5) is 34.6. The van der Waals surface area contributed by atoms with Gasteiger partial charge < -0.3 is 10.2 Å². The van der Waals surface area contributed by atoms with Gasteiger partial charge in [-0.1, -0.05) is 0 Å². The summed E-state index contributed by atoms with van der Waals surface area (Å²) in [5.41, 5.74) is 0. The van der Waals surface area contributed by atoms with Crippen molar-refractivity contribution in [1.82, 2.24) is 0 Å². The fourth-order valence-electron chi connectivity index (χ4n) is 2.57. The molecule has 4 aromatic rings. The standard InChI is InChI=1S/C15H6O5S3/c16-4-5-1-6-11(21-5)7-2-9(14(17)18)23-13(7)8-3-10(15(19)20)22-12(6)8/h1-4H,(H,17,18)(H,19,20). The highest BCUT2D eigenvalue weighted by molar-refractivity contribution is 7.28. The maximum atomic E-state index is 11.3. The van der Waals surface area contributed by atoms with Gasteiger partial charge in [0.05, 0.1) is 4.88 Å². The number of hydrogen-bond donors (Lipinski definition) is 2. The fourth-order valence-corrected chi connectivity index (χ4v) is 5.82. The summed E-state index contributed by atoms with van der Waals surface area (Å²) in [6, 6.07) is 4.90. The van der Waals surface area contributed by atoms with E-state index in [2.05, 4.69) is 0 Å². The second kappa shape index (κ2) is 4.85. The third-order valence-electron chi connectivity index (χ3n) is 3.49. The molecule has 4 rings (SSSR count). The van der Waals surface area contributed by atoms with Crippen molar-refractivity contribution in [2.75, 3.05) is 0 Å². The van der Waals surface area contributed by atoms with Gasteiger partial charge in [-0.05, 0) is 18.2 Å². The Labute approximate surface area is 140 Å². The summed E-state index contributed by atoms with van der Waals surface area (Å²) in [5, 5.41) is 20.8. The van der Waals surface area contributed by atoms with Crippen LogP contribution in [0.5, 0.6) is 0 Å². The van der Waals surface area contributed by atoms with Gasteiger partial charge in [0, 0.05) is 30.3 Å². The third kappa shape index (κ3) is 1.99. The molecule has 0 fully saturated rings. The Morgan fingerprint density at radius 2 is 1.22 bits per heavy atom. The summed E-state index contributed by atoms with van der Waals surface area (Å²) in [5.74, 6) is -2.04. The highest BCUT2D eigenvalue weighted by Gasteiger charge is 2.20. The molecule has 3 heterocycles. The number of aromatic carboxylic acids is 2. The second-order valence-corrected chi connectivity index (χ2v) is 8.01. The van der Waals surface area contributed by atoms with Gasteiger partial charge in [-0.25, -0.2) is 9.59 Å². The highest BCUT2D eigenvalue weighted by Crippen LogP contribution is 2.45. The first-order valence-electron chi connectivity index (χ1n) is 6.34. The van der Waals surface area contributed by atoms with Crippen molar-refractivity contribution in [3.05, 3.63) is 32.8 Å². The maximum absolute atomic E-state index is 11.3. The Hall–Kier alpha value is -2.29. The zero-order chi connectivity index (χ0) is 16.3. The van der Waals surface area contributed by atoms with Crippen molar-refractivity contribution in [1.29, 1.82) is 0 Å². The van der Waals surface area contributed by atoms with E-state index in [1.165, 1.54) is 11.3 Å². The molecule has 0 bridgehead atoms. The second-order valence-electron chi connectivity index (χ2n) is 4.83. The monoisotopic (exact) mass is 362 g/mol. The predicted molar refractivity (Wildman–Crippen MR) is 91.9 cm³/mol. The first-order chi connectivity index (χ1) is 11.0. The number of carbonyl (C=O) groups excluding carboxylic acids is 1. The molecule has 5 nitrogen and oxygen atoms in total. The zero-order valence-corrected chi connectivity index (χ0v) is 13.6. The molecule has 0 atom stereocenters. The Kier molecular flexibility index (Phi) is 3.02. The molecule has 23 heavy (non-hydrogen) atoms. The molecular weight excluding hydrogens is 356 g/mol. The van der Waals surface area contributed by atoms with Gasteiger partial charge in [0.2, 0.25) is 0 Å². The van der Waals surface area contributed by atoms with E-state index in [9.17, 15) is 24.6 Å². The van der Waals surface area contributed by atoms with Gasteiger partial charge in [-0.2, -0.15) is 0 Å². The van der Waals surface area contributed by atoms with Crippen molar-refractivity contribution in [2.24, 2.45) is 0 Å². The average molecular weight is 362 g/mol. The van der Waals surface area contributed by atoms with Crippen LogP contribution in [0.15, 0.2) is 18.2 Å². The molecule has 0 amide bonds. The molecule has 0 aliphatic carbocycles. The Morgan fingerprint density at radius 3 is 1.65 bits per heavy atom. The number of rotatable bonds is 3. The molecule has 1 aromatic carbocycles. The third-order valence-corrected chi connectivity index (χ3v) is 6.89. The van der Waals surface area contributed by atoms with E-state index in [4.69, 9.17) is 0 Å². The number of hydrogen-bond acceptors (Lipinski definition) is 6. The van der Waals surface area contributed by atoms with Crippen molar-refractivity contribution in [3.8, 4) is 0 Å². The van der Waals surface area contributed by atoms with Gasteiger partial charge in [0.15, 0.2) is 6.29 Å². The van der Waals surface area contributed by atoms with E-state index >= 15 is 0 Å². The minimum Gasteiger partial charge on any atom is -0.477 e. The number of fused-ring (bicyclic) bond motifs is 6. The molecule has 2 N–H and O–H groups in total. The molecule has 114 valence electrons. The SMILES string of the molecule is O=Cc1cc2c(s1)c1cc(C(=O)O)sc1c1cc(C(=O)O)sc21. The molecule has 0 radical (unpaired) electrons. The predicted octanol–water partition coefficient (Wildman–Crippen LogP) is 4.54. The minimum absolute atomic E-state index is 0.193. The van der Waals surface area contributed by atoms with Crippen LogP contribution in [-0.2, 0) is 0 Å². The molecule has 0 aliphatic rings. The van der Waals surface area contributed by atoms with Crippen molar-refractivity contribution in [2.45, 2.75) is 0 Å². The molecule has 0 spiro atoms. The number of carboxylic acids is 2. The number of benzene rings is 1. The smallest absolute Gasteiger partial charge is 0.345 e. The summed E-state index contributed by atoms with van der Waals surface area (Å²) in [7, 11) is 0. The summed E-state index contributed by atoms with van der Waals surface area (Å²) in [6.07, 6.45) is 0.749. The molecule has 8 heteroatoms.